The molecule has 2 aromatic rings. The lowest BCUT2D eigenvalue weighted by Gasteiger charge is -2.13. The predicted molar refractivity (Wildman–Crippen MR) is 72.1 cm³/mol. The molecule has 1 N–H and O–H groups in total. The minimum atomic E-state index is -0.746. The van der Waals surface area contributed by atoms with E-state index in [2.05, 4.69) is 5.16 Å². The minimum absolute atomic E-state index is 0.459. The van der Waals surface area contributed by atoms with Crippen molar-refractivity contribution in [3.63, 3.8) is 0 Å². The van der Waals surface area contributed by atoms with Gasteiger partial charge in [-0.3, -0.25) is 0 Å². The van der Waals surface area contributed by atoms with Crippen molar-refractivity contribution in [2.45, 2.75) is 12.2 Å². The maximum absolute atomic E-state index is 10.3. The Morgan fingerprint density at radius 1 is 1.22 bits per heavy atom. The van der Waals surface area contributed by atoms with Crippen LogP contribution in [0.3, 0.4) is 0 Å². The summed E-state index contributed by atoms with van der Waals surface area (Å²) in [4.78, 5) is 6.26. The van der Waals surface area contributed by atoms with Gasteiger partial charge in [0, 0.05) is 5.02 Å². The molecular formula is C13H10ClNO2S. The average molecular weight is 280 g/mol. The van der Waals surface area contributed by atoms with E-state index in [4.69, 9.17) is 16.4 Å². The Kier molecular flexibility index (Phi) is 3.07. The van der Waals surface area contributed by atoms with Crippen molar-refractivity contribution in [1.82, 2.24) is 0 Å². The molecule has 0 aliphatic carbocycles. The van der Waals surface area contributed by atoms with Gasteiger partial charge in [-0.25, -0.2) is 0 Å². The van der Waals surface area contributed by atoms with Gasteiger partial charge in [-0.15, -0.1) is 11.3 Å². The molecule has 2 unspecified atom stereocenters. The zero-order chi connectivity index (χ0) is 12.5. The third-order valence-electron chi connectivity index (χ3n) is 2.80. The van der Waals surface area contributed by atoms with E-state index in [9.17, 15) is 5.11 Å². The zero-order valence-corrected chi connectivity index (χ0v) is 10.9. The fraction of sp³-hybridized carbons (Fsp3) is 0.154. The fourth-order valence-electron chi connectivity index (χ4n) is 1.88. The summed E-state index contributed by atoms with van der Waals surface area (Å²) in [6.07, 6.45) is -1.20. The molecule has 1 aromatic carbocycles. The van der Waals surface area contributed by atoms with E-state index in [-0.39, 0.29) is 0 Å². The lowest BCUT2D eigenvalue weighted by molar-refractivity contribution is 0.0206. The molecule has 0 fully saturated rings. The maximum Gasteiger partial charge on any atom is 0.184 e. The van der Waals surface area contributed by atoms with E-state index in [1.807, 2.05) is 29.6 Å². The lowest BCUT2D eigenvalue weighted by Crippen LogP contribution is -2.23. The quantitative estimate of drug-likeness (QED) is 0.917. The van der Waals surface area contributed by atoms with E-state index in [0.29, 0.717) is 10.7 Å². The minimum Gasteiger partial charge on any atom is -0.384 e. The zero-order valence-electron chi connectivity index (χ0n) is 9.29. The summed E-state index contributed by atoms with van der Waals surface area (Å²) in [5.41, 5.74) is 1.45. The van der Waals surface area contributed by atoms with Crippen LogP contribution in [0.25, 0.3) is 0 Å². The Morgan fingerprint density at radius 3 is 2.67 bits per heavy atom. The van der Waals surface area contributed by atoms with Crippen molar-refractivity contribution in [2.75, 3.05) is 0 Å². The number of oxime groups is 1. The predicted octanol–water partition coefficient (Wildman–Crippen LogP) is 3.24. The van der Waals surface area contributed by atoms with Crippen LogP contribution < -0.4 is 0 Å². The maximum atomic E-state index is 10.3. The summed E-state index contributed by atoms with van der Waals surface area (Å²) in [5, 5.41) is 16.8. The van der Waals surface area contributed by atoms with Crippen molar-refractivity contribution in [3.8, 4) is 0 Å². The van der Waals surface area contributed by atoms with Crippen molar-refractivity contribution < 1.29 is 9.94 Å². The van der Waals surface area contributed by atoms with Gasteiger partial charge in [0.15, 0.2) is 6.10 Å². The van der Waals surface area contributed by atoms with Crippen LogP contribution in [0.4, 0.5) is 0 Å². The molecule has 1 aliphatic heterocycles. The van der Waals surface area contributed by atoms with Crippen LogP contribution in [0.1, 0.15) is 16.5 Å². The summed E-state index contributed by atoms with van der Waals surface area (Å²) in [6, 6.07) is 11.1. The first-order chi connectivity index (χ1) is 8.75. The highest BCUT2D eigenvalue weighted by Crippen LogP contribution is 2.31. The molecule has 0 saturated heterocycles. The molecule has 1 aliphatic rings. The molecule has 0 saturated carbocycles. The van der Waals surface area contributed by atoms with Crippen LogP contribution in [0, 0.1) is 0 Å². The molecule has 0 bridgehead atoms. The summed E-state index contributed by atoms with van der Waals surface area (Å²) in [6.45, 7) is 0. The number of halogens is 1. The number of nitrogens with zero attached hydrogens (tertiary/aromatic N) is 1. The van der Waals surface area contributed by atoms with Crippen LogP contribution in [0.5, 0.6) is 0 Å². The van der Waals surface area contributed by atoms with Gasteiger partial charge in [0.1, 0.15) is 11.8 Å². The first kappa shape index (κ1) is 11.7. The molecule has 2 atom stereocenters. The van der Waals surface area contributed by atoms with Gasteiger partial charge in [-0.2, -0.15) is 0 Å². The van der Waals surface area contributed by atoms with Gasteiger partial charge in [-0.1, -0.05) is 35.0 Å². The lowest BCUT2D eigenvalue weighted by atomic mass is 10.0. The highest BCUT2D eigenvalue weighted by atomic mass is 35.5. The highest BCUT2D eigenvalue weighted by Gasteiger charge is 2.34. The molecule has 0 spiro atoms. The van der Waals surface area contributed by atoms with E-state index in [0.717, 1.165) is 10.4 Å². The second-order valence-corrected chi connectivity index (χ2v) is 5.36. The standard InChI is InChI=1S/C13H10ClNO2S/c14-9-5-3-8(4-6-9)13-12(16)11(15-17-13)10-2-1-7-18-10/h1-7,12-13,16H. The van der Waals surface area contributed by atoms with E-state index >= 15 is 0 Å². The number of benzene rings is 1. The molecule has 92 valence electrons. The Hall–Kier alpha value is -1.36. The van der Waals surface area contributed by atoms with Crippen LogP contribution in [0.2, 0.25) is 5.02 Å². The largest absolute Gasteiger partial charge is 0.384 e. The molecule has 0 amide bonds. The summed E-state index contributed by atoms with van der Waals surface area (Å²) in [5.74, 6) is 0. The average Bonchev–Trinajstić information content (AvgIpc) is 2.99. The number of thiophene rings is 1. The summed E-state index contributed by atoms with van der Waals surface area (Å²) >= 11 is 7.37. The second-order valence-electron chi connectivity index (χ2n) is 3.98. The molecule has 5 heteroatoms. The number of aliphatic hydroxyl groups is 1. The molecule has 3 nitrogen and oxygen atoms in total. The number of hydrogen-bond acceptors (Lipinski definition) is 4. The molecule has 18 heavy (non-hydrogen) atoms. The first-order valence-electron chi connectivity index (χ1n) is 5.47. The van der Waals surface area contributed by atoms with Gasteiger partial charge in [0.2, 0.25) is 0 Å². The highest BCUT2D eigenvalue weighted by molar-refractivity contribution is 7.12. The van der Waals surface area contributed by atoms with Gasteiger partial charge in [0.05, 0.1) is 4.88 Å². The molecule has 1 aromatic heterocycles. The van der Waals surface area contributed by atoms with Gasteiger partial charge >= 0.3 is 0 Å². The van der Waals surface area contributed by atoms with Crippen molar-refractivity contribution >= 4 is 28.6 Å². The van der Waals surface area contributed by atoms with E-state index < -0.39 is 12.2 Å². The number of aliphatic hydroxyl groups excluding tert-OH is 1. The molecular weight excluding hydrogens is 270 g/mol. The van der Waals surface area contributed by atoms with Gasteiger partial charge < -0.3 is 9.94 Å². The summed E-state index contributed by atoms with van der Waals surface area (Å²) < 4.78 is 0. The molecule has 3 rings (SSSR count). The van der Waals surface area contributed by atoms with Crippen LogP contribution in [0.15, 0.2) is 46.9 Å². The third kappa shape index (κ3) is 2.03. The molecule has 2 heterocycles. The Labute approximate surface area is 113 Å². The topological polar surface area (TPSA) is 41.8 Å². The first-order valence-corrected chi connectivity index (χ1v) is 6.72. The van der Waals surface area contributed by atoms with Gasteiger partial charge in [-0.05, 0) is 29.1 Å². The van der Waals surface area contributed by atoms with Gasteiger partial charge in [0.25, 0.3) is 0 Å². The fourth-order valence-corrected chi connectivity index (χ4v) is 2.74. The third-order valence-corrected chi connectivity index (χ3v) is 3.95. The molecule has 0 radical (unpaired) electrons. The monoisotopic (exact) mass is 279 g/mol. The SMILES string of the molecule is OC1C(c2cccs2)=NOC1c1ccc(Cl)cc1. The number of rotatable bonds is 2. The van der Waals surface area contributed by atoms with Crippen LogP contribution >= 0.6 is 22.9 Å². The number of hydrogen-bond donors (Lipinski definition) is 1. The van der Waals surface area contributed by atoms with Crippen LogP contribution in [-0.4, -0.2) is 16.9 Å². The van der Waals surface area contributed by atoms with Crippen LogP contribution in [-0.2, 0) is 4.84 Å². The normalized spacial score (nSPS) is 22.7. The van der Waals surface area contributed by atoms with E-state index in [1.54, 1.807) is 12.1 Å². The van der Waals surface area contributed by atoms with Crippen molar-refractivity contribution in [2.24, 2.45) is 5.16 Å². The van der Waals surface area contributed by atoms with E-state index in [1.165, 1.54) is 11.3 Å². The summed E-state index contributed by atoms with van der Waals surface area (Å²) in [7, 11) is 0. The smallest absolute Gasteiger partial charge is 0.184 e. The second kappa shape index (κ2) is 4.72. The van der Waals surface area contributed by atoms with Crippen molar-refractivity contribution in [3.05, 3.63) is 57.2 Å². The Bertz CT molecular complexity index is 565. The Morgan fingerprint density at radius 2 is 2.00 bits per heavy atom. The Balaban J connectivity index is 1.85. The van der Waals surface area contributed by atoms with Crippen molar-refractivity contribution in [1.29, 1.82) is 0 Å².